The van der Waals surface area contributed by atoms with Crippen LogP contribution >= 0.6 is 0 Å². The van der Waals surface area contributed by atoms with Gasteiger partial charge in [-0.15, -0.1) is 0 Å². The fraction of sp³-hybridized carbons (Fsp3) is 0.273. The Balaban J connectivity index is 0.00000204. The number of halogens is 3. The van der Waals surface area contributed by atoms with Crippen LogP contribution in [0.2, 0.25) is 0 Å². The second-order valence-electron chi connectivity index (χ2n) is 8.02. The summed E-state index contributed by atoms with van der Waals surface area (Å²) in [6, 6.07) is 8.39. The van der Waals surface area contributed by atoms with E-state index in [2.05, 4.69) is 20.3 Å². The Morgan fingerprint density at radius 2 is 1.94 bits per heavy atom. The topological polar surface area (TPSA) is 91.2 Å². The molecular weight excluding hydrogens is 423 g/mol. The van der Waals surface area contributed by atoms with Crippen molar-refractivity contribution < 1.29 is 25.9 Å². The number of benzene rings is 1. The molecule has 3 heterocycles. The van der Waals surface area contributed by atoms with Gasteiger partial charge in [0.15, 0.2) is 11.6 Å². The highest BCUT2D eigenvalue weighted by Crippen LogP contribution is 2.32. The molecule has 1 amide bonds. The van der Waals surface area contributed by atoms with Gasteiger partial charge in [0, 0.05) is 21.2 Å². The summed E-state index contributed by atoms with van der Waals surface area (Å²) in [6.45, 7) is 3.24. The SMILES string of the molecule is CC(C)(O)c1ccc(-c2cnc3c(n2)N(Cc2cccc(C(F)(F)F)c2)CC(=O)N3)cn1.[HH].[HH]. The summed E-state index contributed by atoms with van der Waals surface area (Å²) in [7, 11) is 0. The third-order valence-electron chi connectivity index (χ3n) is 4.96. The van der Waals surface area contributed by atoms with Crippen LogP contribution in [0.1, 0.15) is 33.5 Å². The van der Waals surface area contributed by atoms with E-state index in [0.29, 0.717) is 28.3 Å². The smallest absolute Gasteiger partial charge is 0.384 e. The van der Waals surface area contributed by atoms with Crippen LogP contribution in [0.3, 0.4) is 0 Å². The van der Waals surface area contributed by atoms with E-state index in [9.17, 15) is 23.1 Å². The molecule has 2 N–H and O–H groups in total. The largest absolute Gasteiger partial charge is 0.416 e. The molecule has 1 aromatic carbocycles. The van der Waals surface area contributed by atoms with E-state index in [1.807, 2.05) is 0 Å². The van der Waals surface area contributed by atoms with Crippen LogP contribution in [-0.2, 0) is 23.1 Å². The van der Waals surface area contributed by atoms with Crippen LogP contribution in [0.5, 0.6) is 0 Å². The molecule has 4 rings (SSSR count). The van der Waals surface area contributed by atoms with Crippen molar-refractivity contribution in [3.8, 4) is 11.3 Å². The number of nitrogens with zero attached hydrogens (tertiary/aromatic N) is 4. The van der Waals surface area contributed by atoms with Crippen molar-refractivity contribution in [2.24, 2.45) is 0 Å². The van der Waals surface area contributed by atoms with Crippen LogP contribution in [0.4, 0.5) is 24.8 Å². The molecule has 0 radical (unpaired) electrons. The number of anilines is 2. The molecule has 1 aliphatic rings. The first-order valence-corrected chi connectivity index (χ1v) is 9.78. The number of aliphatic hydroxyl groups is 1. The third-order valence-corrected chi connectivity index (χ3v) is 4.96. The van der Waals surface area contributed by atoms with Crippen LogP contribution in [-0.4, -0.2) is 32.5 Å². The minimum atomic E-state index is -4.46. The van der Waals surface area contributed by atoms with E-state index in [0.717, 1.165) is 12.1 Å². The maximum Gasteiger partial charge on any atom is 0.416 e. The number of fused-ring (bicyclic) bond motifs is 1. The number of nitrogens with one attached hydrogen (secondary N) is 1. The van der Waals surface area contributed by atoms with E-state index in [4.69, 9.17) is 0 Å². The Bertz CT molecular complexity index is 1170. The molecule has 0 saturated carbocycles. The summed E-state index contributed by atoms with van der Waals surface area (Å²) in [5, 5.41) is 12.7. The Kier molecular flexibility index (Phi) is 5.33. The monoisotopic (exact) mass is 447 g/mol. The molecule has 0 unspecified atom stereocenters. The van der Waals surface area contributed by atoms with Crippen molar-refractivity contribution in [1.29, 1.82) is 0 Å². The van der Waals surface area contributed by atoms with E-state index < -0.39 is 17.3 Å². The van der Waals surface area contributed by atoms with Crippen LogP contribution in [0.15, 0.2) is 48.8 Å². The first-order chi connectivity index (χ1) is 15.0. The molecule has 3 aromatic rings. The number of hydrogen-bond acceptors (Lipinski definition) is 6. The number of hydrogen-bond donors (Lipinski definition) is 2. The number of amides is 1. The lowest BCUT2D eigenvalue weighted by Crippen LogP contribution is -2.39. The van der Waals surface area contributed by atoms with Gasteiger partial charge in [0.25, 0.3) is 0 Å². The number of aromatic nitrogens is 3. The van der Waals surface area contributed by atoms with Crippen molar-refractivity contribution in [2.45, 2.75) is 32.2 Å². The summed E-state index contributed by atoms with van der Waals surface area (Å²) in [5.74, 6) is 0.256. The van der Waals surface area contributed by atoms with Crippen molar-refractivity contribution >= 4 is 17.5 Å². The van der Waals surface area contributed by atoms with Gasteiger partial charge in [-0.1, -0.05) is 12.1 Å². The van der Waals surface area contributed by atoms with Gasteiger partial charge in [0.1, 0.15) is 5.60 Å². The fourth-order valence-corrected chi connectivity index (χ4v) is 3.35. The Morgan fingerprint density at radius 1 is 1.16 bits per heavy atom. The highest BCUT2D eigenvalue weighted by atomic mass is 19.4. The van der Waals surface area contributed by atoms with Gasteiger partial charge in [0.2, 0.25) is 5.91 Å². The summed E-state index contributed by atoms with van der Waals surface area (Å²) in [5.41, 5.74) is 0.156. The predicted octanol–water partition coefficient (Wildman–Crippen LogP) is 4.24. The molecule has 0 bridgehead atoms. The highest BCUT2D eigenvalue weighted by Gasteiger charge is 2.31. The number of carbonyl (C=O) groups excluding carboxylic acids is 1. The van der Waals surface area contributed by atoms with Crippen molar-refractivity contribution in [1.82, 2.24) is 15.0 Å². The number of rotatable bonds is 4. The van der Waals surface area contributed by atoms with E-state index >= 15 is 0 Å². The van der Waals surface area contributed by atoms with E-state index in [-0.39, 0.29) is 27.7 Å². The zero-order chi connectivity index (χ0) is 23.1. The average Bonchev–Trinajstić information content (AvgIpc) is 2.72. The van der Waals surface area contributed by atoms with Crippen molar-refractivity contribution in [2.75, 3.05) is 16.8 Å². The molecule has 0 spiro atoms. The minimum Gasteiger partial charge on any atom is -0.384 e. The van der Waals surface area contributed by atoms with Crippen molar-refractivity contribution in [3.63, 3.8) is 0 Å². The Hall–Kier alpha value is -3.53. The average molecular weight is 447 g/mol. The predicted molar refractivity (Wildman–Crippen MR) is 116 cm³/mol. The summed E-state index contributed by atoms with van der Waals surface area (Å²) >= 11 is 0. The summed E-state index contributed by atoms with van der Waals surface area (Å²) in [4.78, 5) is 26.8. The fourth-order valence-electron chi connectivity index (χ4n) is 3.35. The molecule has 10 heteroatoms. The zero-order valence-electron chi connectivity index (χ0n) is 17.3. The summed E-state index contributed by atoms with van der Waals surface area (Å²) in [6.07, 6.45) is -1.42. The van der Waals surface area contributed by atoms with Crippen molar-refractivity contribution in [3.05, 3.63) is 65.6 Å². The van der Waals surface area contributed by atoms with Gasteiger partial charge < -0.3 is 15.3 Å². The lowest BCUT2D eigenvalue weighted by molar-refractivity contribution is -0.137. The molecule has 2 aromatic heterocycles. The number of carbonyl (C=O) groups is 1. The summed E-state index contributed by atoms with van der Waals surface area (Å²) < 4.78 is 39.2. The minimum absolute atomic E-state index is 0. The molecule has 170 valence electrons. The Labute approximate surface area is 184 Å². The number of alkyl halides is 3. The van der Waals surface area contributed by atoms with Gasteiger partial charge in [0.05, 0.1) is 29.7 Å². The molecule has 0 atom stereocenters. The van der Waals surface area contributed by atoms with Gasteiger partial charge in [-0.05, 0) is 43.7 Å². The lowest BCUT2D eigenvalue weighted by Gasteiger charge is -2.29. The first-order valence-electron chi connectivity index (χ1n) is 9.78. The number of pyridine rings is 1. The van der Waals surface area contributed by atoms with E-state index in [1.54, 1.807) is 43.1 Å². The van der Waals surface area contributed by atoms with Crippen LogP contribution in [0.25, 0.3) is 11.3 Å². The molecule has 32 heavy (non-hydrogen) atoms. The Morgan fingerprint density at radius 3 is 2.59 bits per heavy atom. The molecule has 1 aliphatic heterocycles. The van der Waals surface area contributed by atoms with Gasteiger partial charge in [-0.2, -0.15) is 13.2 Å². The molecule has 0 aliphatic carbocycles. The molecular formula is C22H24F3N5O2. The maximum atomic E-state index is 13.1. The van der Waals surface area contributed by atoms with Gasteiger partial charge in [-0.25, -0.2) is 9.97 Å². The molecule has 0 saturated heterocycles. The lowest BCUT2D eigenvalue weighted by atomic mass is 10.0. The first kappa shape index (κ1) is 21.7. The highest BCUT2D eigenvalue weighted by molar-refractivity contribution is 5.99. The van der Waals surface area contributed by atoms with Crippen LogP contribution in [0, 0.1) is 0 Å². The molecule has 7 nitrogen and oxygen atoms in total. The standard InChI is InChI=1S/C22H20F3N5O2.2H2/c1-21(2,32)17-7-6-14(9-26-17)16-10-27-19-20(28-16)30(12-18(31)29-19)11-13-4-3-5-15(8-13)22(23,24)25;;/h3-10,32H,11-12H2,1-2H3,(H,27,29,31);2*1H. The quantitative estimate of drug-likeness (QED) is 0.622. The van der Waals surface area contributed by atoms with Gasteiger partial charge >= 0.3 is 6.18 Å². The maximum absolute atomic E-state index is 13.1. The molecule has 0 fully saturated rings. The van der Waals surface area contributed by atoms with Gasteiger partial charge in [-0.3, -0.25) is 9.78 Å². The van der Waals surface area contributed by atoms with E-state index in [1.165, 1.54) is 12.3 Å². The zero-order valence-corrected chi connectivity index (χ0v) is 17.3. The third kappa shape index (κ3) is 4.54. The second kappa shape index (κ2) is 7.86. The second-order valence-corrected chi connectivity index (χ2v) is 8.02. The van der Waals surface area contributed by atoms with Crippen LogP contribution < -0.4 is 10.2 Å². The normalized spacial score (nSPS) is 14.2.